The number of carbonyl (C=O) groups is 1. The molecule has 2 aromatic rings. The first-order valence-electron chi connectivity index (χ1n) is 10.7. The highest BCUT2D eigenvalue weighted by atomic mass is 16.3. The summed E-state index contributed by atoms with van der Waals surface area (Å²) in [6.07, 6.45) is 6.01. The first kappa shape index (κ1) is 23.4. The monoisotopic (exact) mass is 436 g/mol. The van der Waals surface area contributed by atoms with Gasteiger partial charge < -0.3 is 21.1 Å². The quantitative estimate of drug-likeness (QED) is 0.598. The van der Waals surface area contributed by atoms with Crippen LogP contribution in [0.4, 0.5) is 5.82 Å². The van der Waals surface area contributed by atoms with Crippen LogP contribution in [-0.2, 0) is 13.0 Å². The van der Waals surface area contributed by atoms with Crippen molar-refractivity contribution in [1.29, 1.82) is 0 Å². The van der Waals surface area contributed by atoms with Crippen LogP contribution in [0, 0.1) is 6.92 Å². The summed E-state index contributed by atoms with van der Waals surface area (Å²) in [5.74, 6) is 0.599. The molecule has 8 heteroatoms. The van der Waals surface area contributed by atoms with Gasteiger partial charge in [0.05, 0.1) is 11.2 Å². The van der Waals surface area contributed by atoms with Crippen LogP contribution < -0.4 is 16.0 Å². The number of nitrogens with zero attached hydrogens (tertiary/aromatic N) is 4. The summed E-state index contributed by atoms with van der Waals surface area (Å²) < 4.78 is 0. The first-order chi connectivity index (χ1) is 15.1. The first-order valence-corrected chi connectivity index (χ1v) is 10.7. The molecule has 0 atom stereocenters. The van der Waals surface area contributed by atoms with E-state index in [2.05, 4.69) is 31.2 Å². The van der Waals surface area contributed by atoms with Crippen molar-refractivity contribution in [2.24, 2.45) is 10.7 Å². The van der Waals surface area contributed by atoms with E-state index in [1.165, 1.54) is 0 Å². The van der Waals surface area contributed by atoms with E-state index in [0.29, 0.717) is 17.8 Å². The molecule has 0 bridgehead atoms. The summed E-state index contributed by atoms with van der Waals surface area (Å²) in [4.78, 5) is 28.0. The number of pyridine rings is 2. The number of fused-ring (bicyclic) bond motifs is 1. The predicted molar refractivity (Wildman–Crippen MR) is 128 cm³/mol. The number of hydrogen-bond acceptors (Lipinski definition) is 7. The molecule has 32 heavy (non-hydrogen) atoms. The van der Waals surface area contributed by atoms with E-state index in [-0.39, 0.29) is 12.5 Å². The molecule has 0 saturated heterocycles. The van der Waals surface area contributed by atoms with Crippen molar-refractivity contribution >= 4 is 23.5 Å². The molecule has 0 unspecified atom stereocenters. The molecule has 3 heterocycles. The molecule has 0 aromatic carbocycles. The van der Waals surface area contributed by atoms with Gasteiger partial charge in [0.2, 0.25) is 0 Å². The average molecular weight is 437 g/mol. The maximum Gasteiger partial charge on any atom is 0.252 e. The summed E-state index contributed by atoms with van der Waals surface area (Å²) in [5.41, 5.74) is 11.2. The largest absolute Gasteiger partial charge is 0.402 e. The Hall–Kier alpha value is -3.26. The number of nitrogens with one attached hydrogen (secondary N) is 1. The molecule has 1 aliphatic heterocycles. The topological polar surface area (TPSA) is 117 Å². The zero-order valence-electron chi connectivity index (χ0n) is 19.4. The van der Waals surface area contributed by atoms with E-state index in [9.17, 15) is 9.90 Å². The number of aliphatic hydroxyl groups is 1. The fourth-order valence-electron chi connectivity index (χ4n) is 3.71. The Labute approximate surface area is 189 Å². The number of anilines is 1. The Morgan fingerprint density at radius 1 is 1.31 bits per heavy atom. The van der Waals surface area contributed by atoms with Crippen LogP contribution in [-0.4, -0.2) is 52.9 Å². The van der Waals surface area contributed by atoms with Crippen LogP contribution in [0.2, 0.25) is 0 Å². The molecular formula is C24H32N6O2. The number of aliphatic imine (C=N–C) groups is 1. The van der Waals surface area contributed by atoms with Crippen LogP contribution in [0.25, 0.3) is 5.57 Å². The van der Waals surface area contributed by atoms with E-state index in [1.54, 1.807) is 33.3 Å². The average Bonchev–Trinajstić information content (AvgIpc) is 2.74. The molecule has 3 rings (SSSR count). The standard InChI is InChI=1S/C24H32N6O2/c1-15-8-18(23(31)29-14-24(3,4)32)11-28-22(15)30-7-6-21-19(13-30)9-17(10-27-21)20(12-26-5)16(2)25/h8-12,32H,6-7,13-14,25H2,1-5H3,(H,29,31)/b20-16+,26-12?. The van der Waals surface area contributed by atoms with Gasteiger partial charge in [-0.25, -0.2) is 4.98 Å². The Kier molecular flexibility index (Phi) is 6.93. The van der Waals surface area contributed by atoms with Crippen LogP contribution >= 0.6 is 0 Å². The second-order valence-corrected chi connectivity index (χ2v) is 8.84. The molecular weight excluding hydrogens is 404 g/mol. The van der Waals surface area contributed by atoms with Gasteiger partial charge >= 0.3 is 0 Å². The predicted octanol–water partition coefficient (Wildman–Crippen LogP) is 2.24. The Morgan fingerprint density at radius 2 is 2.03 bits per heavy atom. The Bertz CT molecular complexity index is 1060. The van der Waals surface area contributed by atoms with E-state index < -0.39 is 5.60 Å². The number of aromatic nitrogens is 2. The maximum absolute atomic E-state index is 12.4. The molecule has 2 aromatic heterocycles. The van der Waals surface area contributed by atoms with Gasteiger partial charge in [-0.3, -0.25) is 14.8 Å². The van der Waals surface area contributed by atoms with Gasteiger partial charge in [0.1, 0.15) is 5.82 Å². The smallest absolute Gasteiger partial charge is 0.252 e. The highest BCUT2D eigenvalue weighted by molar-refractivity contribution is 6.10. The SMILES string of the molecule is CN=C/C(=C(/C)N)c1cnc2c(c1)CN(c1ncc(C(=O)NCC(C)(C)O)cc1C)CC2. The fourth-order valence-corrected chi connectivity index (χ4v) is 3.71. The van der Waals surface area contributed by atoms with Gasteiger partial charge in [-0.05, 0) is 51.0 Å². The summed E-state index contributed by atoms with van der Waals surface area (Å²) in [6, 6.07) is 3.96. The number of hydrogen-bond donors (Lipinski definition) is 3. The summed E-state index contributed by atoms with van der Waals surface area (Å²) in [7, 11) is 1.72. The minimum absolute atomic E-state index is 0.173. The highest BCUT2D eigenvalue weighted by Crippen LogP contribution is 2.27. The molecule has 170 valence electrons. The van der Waals surface area contributed by atoms with Crippen molar-refractivity contribution in [3.63, 3.8) is 0 Å². The summed E-state index contributed by atoms with van der Waals surface area (Å²) in [6.45, 7) is 8.76. The highest BCUT2D eigenvalue weighted by Gasteiger charge is 2.22. The molecule has 0 saturated carbocycles. The normalized spacial score (nSPS) is 14.9. The second-order valence-electron chi connectivity index (χ2n) is 8.84. The number of rotatable bonds is 6. The third kappa shape index (κ3) is 5.50. The van der Waals surface area contributed by atoms with Gasteiger partial charge in [0.15, 0.2) is 0 Å². The number of aryl methyl sites for hydroxylation is 1. The van der Waals surface area contributed by atoms with E-state index in [1.807, 2.05) is 26.1 Å². The molecule has 1 aliphatic rings. The van der Waals surface area contributed by atoms with Gasteiger partial charge in [0, 0.05) is 74.2 Å². The van der Waals surface area contributed by atoms with E-state index in [4.69, 9.17) is 5.73 Å². The maximum atomic E-state index is 12.4. The van der Waals surface area contributed by atoms with E-state index >= 15 is 0 Å². The zero-order valence-corrected chi connectivity index (χ0v) is 19.4. The molecule has 4 N–H and O–H groups in total. The van der Waals surface area contributed by atoms with Crippen molar-refractivity contribution in [1.82, 2.24) is 15.3 Å². The zero-order chi connectivity index (χ0) is 23.5. The molecule has 0 spiro atoms. The van der Waals surface area contributed by atoms with Crippen molar-refractivity contribution in [3.8, 4) is 0 Å². The van der Waals surface area contributed by atoms with Crippen molar-refractivity contribution < 1.29 is 9.90 Å². The lowest BCUT2D eigenvalue weighted by Crippen LogP contribution is -2.38. The fraction of sp³-hybridized carbons (Fsp3) is 0.417. The third-order valence-corrected chi connectivity index (χ3v) is 5.33. The lowest BCUT2D eigenvalue weighted by atomic mass is 9.99. The number of nitrogens with two attached hydrogens (primary N) is 1. The number of carbonyl (C=O) groups excluding carboxylic acids is 1. The van der Waals surface area contributed by atoms with Crippen molar-refractivity contribution in [3.05, 3.63) is 58.2 Å². The summed E-state index contributed by atoms with van der Waals surface area (Å²) >= 11 is 0. The van der Waals surface area contributed by atoms with E-state index in [0.717, 1.165) is 46.7 Å². The second kappa shape index (κ2) is 9.48. The van der Waals surface area contributed by atoms with Gasteiger partial charge in [-0.1, -0.05) is 0 Å². The van der Waals surface area contributed by atoms with Gasteiger partial charge in [-0.15, -0.1) is 0 Å². The van der Waals surface area contributed by atoms with Gasteiger partial charge in [-0.2, -0.15) is 0 Å². The van der Waals surface area contributed by atoms with Crippen LogP contribution in [0.15, 0.2) is 35.2 Å². The summed E-state index contributed by atoms with van der Waals surface area (Å²) in [5, 5.41) is 12.6. The Balaban J connectivity index is 1.81. The minimum atomic E-state index is -0.966. The molecule has 8 nitrogen and oxygen atoms in total. The number of allylic oxidation sites excluding steroid dienone is 2. The Morgan fingerprint density at radius 3 is 2.66 bits per heavy atom. The molecule has 0 fully saturated rings. The third-order valence-electron chi connectivity index (χ3n) is 5.33. The lowest BCUT2D eigenvalue weighted by molar-refractivity contribution is 0.0694. The van der Waals surface area contributed by atoms with Crippen LogP contribution in [0.3, 0.4) is 0 Å². The van der Waals surface area contributed by atoms with Gasteiger partial charge in [0.25, 0.3) is 5.91 Å². The van der Waals surface area contributed by atoms with Crippen LogP contribution in [0.5, 0.6) is 0 Å². The van der Waals surface area contributed by atoms with Crippen molar-refractivity contribution in [2.45, 2.75) is 46.3 Å². The lowest BCUT2D eigenvalue weighted by Gasteiger charge is -2.30. The van der Waals surface area contributed by atoms with Crippen molar-refractivity contribution in [2.75, 3.05) is 25.0 Å². The molecule has 1 amide bonds. The number of amides is 1. The minimum Gasteiger partial charge on any atom is -0.402 e. The molecule has 0 aliphatic carbocycles. The molecule has 0 radical (unpaired) electrons. The van der Waals surface area contributed by atoms with Crippen LogP contribution in [0.1, 0.15) is 53.5 Å².